The Kier molecular flexibility index (Phi) is 7.53. The quantitative estimate of drug-likeness (QED) is 0.180. The molecule has 1 fully saturated rings. The van der Waals surface area contributed by atoms with Gasteiger partial charge in [-0.2, -0.15) is 5.10 Å². The van der Waals surface area contributed by atoms with Crippen LogP contribution < -0.4 is 11.1 Å². The summed E-state index contributed by atoms with van der Waals surface area (Å²) in [6.45, 7) is 0. The number of fused-ring (bicyclic) bond motifs is 2. The van der Waals surface area contributed by atoms with Crippen molar-refractivity contribution in [1.29, 1.82) is 0 Å². The Hall–Kier alpha value is -5.08. The van der Waals surface area contributed by atoms with E-state index in [1.54, 1.807) is 30.9 Å². The lowest BCUT2D eigenvalue weighted by Crippen LogP contribution is -2.24. The van der Waals surface area contributed by atoms with Crippen LogP contribution in [0.4, 0.5) is 10.1 Å². The molecule has 5 N–H and O–H groups in total. The largest absolute Gasteiger partial charge is 0.336 e. The fraction of sp³-hybridized carbons (Fsp3) is 0.250. The molecule has 5 heterocycles. The number of nitrogens with zero attached hydrogens (tertiary/aromatic N) is 5. The van der Waals surface area contributed by atoms with Gasteiger partial charge >= 0.3 is 0 Å². The topological polar surface area (TPSA) is 185 Å². The molecule has 1 aromatic carbocycles. The van der Waals surface area contributed by atoms with E-state index in [9.17, 15) is 17.6 Å². The summed E-state index contributed by atoms with van der Waals surface area (Å²) in [6, 6.07) is 9.39. The van der Waals surface area contributed by atoms with Gasteiger partial charge in [-0.3, -0.25) is 19.9 Å². The summed E-state index contributed by atoms with van der Waals surface area (Å²) in [4.78, 5) is 34.2. The van der Waals surface area contributed by atoms with E-state index in [4.69, 9.17) is 10.7 Å². The minimum atomic E-state index is -3.67. The highest BCUT2D eigenvalue weighted by Gasteiger charge is 2.23. The number of nitrogens with one attached hydrogen (secondary N) is 3. The van der Waals surface area contributed by atoms with E-state index in [1.165, 1.54) is 18.6 Å². The van der Waals surface area contributed by atoms with Crippen molar-refractivity contribution >= 4 is 43.5 Å². The number of nitrogens with two attached hydrogens (primary N) is 1. The number of imidazole rings is 1. The van der Waals surface area contributed by atoms with Gasteiger partial charge in [0, 0.05) is 47.5 Å². The fourth-order valence-corrected chi connectivity index (χ4v) is 6.57. The third-order valence-corrected chi connectivity index (χ3v) is 9.53. The molecule has 7 rings (SSSR count). The molecular formula is C32H30FN9O3S. The molecule has 1 saturated carbocycles. The Morgan fingerprint density at radius 3 is 2.61 bits per heavy atom. The van der Waals surface area contributed by atoms with Gasteiger partial charge in [0.15, 0.2) is 21.3 Å². The fourth-order valence-electron chi connectivity index (χ4n) is 5.94. The van der Waals surface area contributed by atoms with Gasteiger partial charge in [0.2, 0.25) is 5.91 Å². The number of rotatable bonds is 7. The molecule has 1 aliphatic carbocycles. The average molecular weight is 640 g/mol. The number of sulfone groups is 1. The first kappa shape index (κ1) is 29.6. The summed E-state index contributed by atoms with van der Waals surface area (Å²) in [6.07, 6.45) is 12.7. The predicted molar refractivity (Wildman–Crippen MR) is 172 cm³/mol. The number of hydrogen-bond donors (Lipinski definition) is 4. The number of aromatic amines is 2. The summed E-state index contributed by atoms with van der Waals surface area (Å²) in [5.74, 6) is -0.178. The Morgan fingerprint density at radius 1 is 1.00 bits per heavy atom. The van der Waals surface area contributed by atoms with E-state index in [1.807, 2.05) is 12.1 Å². The van der Waals surface area contributed by atoms with Gasteiger partial charge < -0.3 is 16.0 Å². The van der Waals surface area contributed by atoms with E-state index in [-0.39, 0.29) is 17.4 Å². The van der Waals surface area contributed by atoms with Crippen molar-refractivity contribution in [2.24, 2.45) is 11.7 Å². The molecule has 0 aliphatic heterocycles. The van der Waals surface area contributed by atoms with E-state index in [0.29, 0.717) is 50.5 Å². The van der Waals surface area contributed by atoms with Crippen molar-refractivity contribution in [2.45, 2.75) is 37.5 Å². The average Bonchev–Trinajstić information content (AvgIpc) is 3.68. The third-order valence-electron chi connectivity index (χ3n) is 8.34. The van der Waals surface area contributed by atoms with Crippen LogP contribution in [-0.4, -0.2) is 55.7 Å². The highest BCUT2D eigenvalue weighted by atomic mass is 32.2. The molecule has 1 unspecified atom stereocenters. The van der Waals surface area contributed by atoms with Gasteiger partial charge in [0.1, 0.15) is 22.4 Å². The summed E-state index contributed by atoms with van der Waals surface area (Å²) in [5.41, 5.74) is 10.9. The Morgan fingerprint density at radius 2 is 1.80 bits per heavy atom. The lowest BCUT2D eigenvalue weighted by atomic mass is 9.88. The van der Waals surface area contributed by atoms with Crippen LogP contribution in [-0.2, 0) is 14.6 Å². The Balaban J connectivity index is 1.23. The number of halogens is 1. The molecule has 6 aromatic rings. The van der Waals surface area contributed by atoms with Crippen LogP contribution in [0, 0.1) is 11.7 Å². The molecule has 0 radical (unpaired) electrons. The zero-order valence-corrected chi connectivity index (χ0v) is 25.6. The normalized spacial score (nSPS) is 14.9. The Bertz CT molecular complexity index is 2230. The first-order valence-electron chi connectivity index (χ1n) is 14.8. The molecule has 1 atom stereocenters. The number of hydrogen-bond acceptors (Lipinski definition) is 9. The van der Waals surface area contributed by atoms with Crippen LogP contribution >= 0.6 is 0 Å². The number of pyridine rings is 3. The highest BCUT2D eigenvalue weighted by molar-refractivity contribution is 7.90. The van der Waals surface area contributed by atoms with Crippen molar-refractivity contribution in [3.63, 3.8) is 0 Å². The number of amides is 1. The van der Waals surface area contributed by atoms with Gasteiger partial charge in [0.05, 0.1) is 28.5 Å². The maximum Gasteiger partial charge on any atom is 0.227 e. The van der Waals surface area contributed by atoms with Gasteiger partial charge in [-0.15, -0.1) is 0 Å². The molecule has 0 bridgehead atoms. The van der Waals surface area contributed by atoms with Crippen LogP contribution in [0.1, 0.15) is 43.0 Å². The first-order valence-corrected chi connectivity index (χ1v) is 16.8. The molecule has 1 aliphatic rings. The second-order valence-corrected chi connectivity index (χ2v) is 13.8. The van der Waals surface area contributed by atoms with Crippen molar-refractivity contribution in [3.8, 4) is 33.9 Å². The minimum Gasteiger partial charge on any atom is -0.336 e. The highest BCUT2D eigenvalue weighted by Crippen LogP contribution is 2.33. The number of anilines is 1. The van der Waals surface area contributed by atoms with Crippen molar-refractivity contribution in [3.05, 3.63) is 72.6 Å². The number of H-pyrrole nitrogens is 2. The first-order chi connectivity index (χ1) is 22.1. The van der Waals surface area contributed by atoms with Crippen LogP contribution in [0.5, 0.6) is 0 Å². The molecule has 234 valence electrons. The van der Waals surface area contributed by atoms with Gasteiger partial charge in [-0.1, -0.05) is 19.3 Å². The van der Waals surface area contributed by atoms with Crippen LogP contribution in [0.25, 0.3) is 56.0 Å². The lowest BCUT2D eigenvalue weighted by Gasteiger charge is -2.20. The SMILES string of the molecule is CS(=O)(=O)C(N)c1cc(F)cc(-c2nccc3[nH]c(-c4n[nH]c5ncc(-c6cncc(NC(=O)C7CCCCC7)c6)cc45)nc23)c1. The zero-order valence-electron chi connectivity index (χ0n) is 24.8. The van der Waals surface area contributed by atoms with E-state index in [0.717, 1.165) is 49.1 Å². The molecule has 12 nitrogen and oxygen atoms in total. The molecule has 1 amide bonds. The minimum absolute atomic E-state index is 0.0239. The molecule has 0 spiro atoms. The van der Waals surface area contributed by atoms with E-state index in [2.05, 4.69) is 35.5 Å². The summed E-state index contributed by atoms with van der Waals surface area (Å²) in [5, 5.41) is 9.73. The number of carbonyl (C=O) groups excluding carboxylic acids is 1. The summed E-state index contributed by atoms with van der Waals surface area (Å²) in [7, 11) is -3.67. The number of carbonyl (C=O) groups is 1. The van der Waals surface area contributed by atoms with Gasteiger partial charge in [-0.05, 0) is 54.8 Å². The molecule has 14 heteroatoms. The van der Waals surface area contributed by atoms with Crippen LogP contribution in [0.2, 0.25) is 0 Å². The van der Waals surface area contributed by atoms with E-state index >= 15 is 0 Å². The van der Waals surface area contributed by atoms with Gasteiger partial charge in [-0.25, -0.2) is 22.8 Å². The third kappa shape index (κ3) is 5.72. The number of benzene rings is 1. The van der Waals surface area contributed by atoms with Crippen molar-refractivity contribution < 1.29 is 17.6 Å². The second kappa shape index (κ2) is 11.7. The van der Waals surface area contributed by atoms with E-state index < -0.39 is 21.0 Å². The monoisotopic (exact) mass is 639 g/mol. The molecule has 46 heavy (non-hydrogen) atoms. The predicted octanol–water partition coefficient (Wildman–Crippen LogP) is 5.29. The molecule has 0 saturated heterocycles. The zero-order chi connectivity index (χ0) is 32.0. The number of aromatic nitrogens is 7. The summed E-state index contributed by atoms with van der Waals surface area (Å²) >= 11 is 0. The Labute approximate surface area is 263 Å². The standard InChI is InChI=1S/C32H30FN9O3S/c1-46(44,45)29(34)19-9-18(10-22(33)11-19)26-28-25(7-8-36-26)39-31(40-28)27-24-13-21(15-37-30(24)42-41-27)20-12-23(16-35-14-20)38-32(43)17-5-3-2-4-6-17/h7-17,29H,2-6,34H2,1H3,(H,38,43)(H,39,40)(H,37,41,42). The van der Waals surface area contributed by atoms with Gasteiger partial charge in [0.25, 0.3) is 0 Å². The van der Waals surface area contributed by atoms with Crippen LogP contribution in [0.3, 0.4) is 0 Å². The molecular weight excluding hydrogens is 609 g/mol. The maximum absolute atomic E-state index is 14.7. The summed E-state index contributed by atoms with van der Waals surface area (Å²) < 4.78 is 38.8. The van der Waals surface area contributed by atoms with Crippen molar-refractivity contribution in [1.82, 2.24) is 35.1 Å². The second-order valence-electron chi connectivity index (χ2n) is 11.6. The molecule has 5 aromatic heterocycles. The maximum atomic E-state index is 14.7. The lowest BCUT2D eigenvalue weighted by molar-refractivity contribution is -0.120. The van der Waals surface area contributed by atoms with Crippen LogP contribution in [0.15, 0.2) is 61.2 Å². The smallest absolute Gasteiger partial charge is 0.227 e. The van der Waals surface area contributed by atoms with Crippen molar-refractivity contribution in [2.75, 3.05) is 11.6 Å².